The van der Waals surface area contributed by atoms with Crippen molar-refractivity contribution >= 4 is 48.8 Å². The highest BCUT2D eigenvalue weighted by molar-refractivity contribution is 6.30. The molecule has 7 heteroatoms. The van der Waals surface area contributed by atoms with Crippen molar-refractivity contribution in [1.82, 2.24) is 9.80 Å². The molecule has 1 aromatic rings. The van der Waals surface area contributed by atoms with Crippen LogP contribution in [-0.2, 0) is 6.54 Å². The van der Waals surface area contributed by atoms with Crippen molar-refractivity contribution in [2.24, 2.45) is 5.73 Å². The van der Waals surface area contributed by atoms with Gasteiger partial charge in [-0.25, -0.2) is 0 Å². The average Bonchev–Trinajstić information content (AvgIpc) is 2.41. The van der Waals surface area contributed by atoms with E-state index in [1.165, 1.54) is 5.56 Å². The minimum atomic E-state index is 0. The molecular weight excluding hydrogens is 352 g/mol. The predicted octanol–water partition coefficient (Wildman–Crippen LogP) is 3.07. The van der Waals surface area contributed by atoms with Gasteiger partial charge in [-0.3, -0.25) is 4.90 Å². The maximum atomic E-state index is 5.89. The van der Waals surface area contributed by atoms with E-state index in [9.17, 15) is 0 Å². The monoisotopic (exact) mass is 375 g/mol. The number of nitrogens with zero attached hydrogens (tertiary/aromatic N) is 2. The van der Waals surface area contributed by atoms with Gasteiger partial charge in [0.05, 0.1) is 0 Å². The highest BCUT2D eigenvalue weighted by Gasteiger charge is 2.16. The van der Waals surface area contributed by atoms with Crippen LogP contribution in [0.5, 0.6) is 0 Å². The molecule has 2 rings (SSSR count). The highest BCUT2D eigenvalue weighted by atomic mass is 35.5. The van der Waals surface area contributed by atoms with Crippen molar-refractivity contribution in [3.8, 4) is 0 Å². The summed E-state index contributed by atoms with van der Waals surface area (Å²) in [6.45, 7) is 7.58. The zero-order chi connectivity index (χ0) is 12.8. The second kappa shape index (κ2) is 12.8. The lowest BCUT2D eigenvalue weighted by Gasteiger charge is -2.34. The van der Waals surface area contributed by atoms with E-state index in [0.29, 0.717) is 0 Å². The van der Waals surface area contributed by atoms with Crippen molar-refractivity contribution in [2.45, 2.75) is 13.0 Å². The second-order valence-corrected chi connectivity index (χ2v) is 5.32. The van der Waals surface area contributed by atoms with Crippen molar-refractivity contribution in [3.63, 3.8) is 0 Å². The molecule has 0 spiro atoms. The molecule has 2 N–H and O–H groups in total. The lowest BCUT2D eigenvalue weighted by Crippen LogP contribution is -2.46. The van der Waals surface area contributed by atoms with Gasteiger partial charge in [-0.1, -0.05) is 23.7 Å². The topological polar surface area (TPSA) is 32.5 Å². The minimum absolute atomic E-state index is 0. The summed E-state index contributed by atoms with van der Waals surface area (Å²) in [5.41, 5.74) is 6.88. The van der Waals surface area contributed by atoms with E-state index < -0.39 is 0 Å². The van der Waals surface area contributed by atoms with Crippen LogP contribution in [-0.4, -0.2) is 49.1 Å². The van der Waals surface area contributed by atoms with Crippen LogP contribution in [0, 0.1) is 0 Å². The molecule has 21 heavy (non-hydrogen) atoms. The van der Waals surface area contributed by atoms with Gasteiger partial charge in [0.1, 0.15) is 0 Å². The van der Waals surface area contributed by atoms with Crippen molar-refractivity contribution in [1.29, 1.82) is 0 Å². The molecule has 1 heterocycles. The number of halogens is 4. The third-order valence-electron chi connectivity index (χ3n) is 3.46. The fourth-order valence-electron chi connectivity index (χ4n) is 2.33. The van der Waals surface area contributed by atoms with E-state index in [4.69, 9.17) is 17.3 Å². The molecule has 0 atom stereocenters. The van der Waals surface area contributed by atoms with Crippen molar-refractivity contribution < 1.29 is 0 Å². The quantitative estimate of drug-likeness (QED) is 0.856. The first-order valence-electron chi connectivity index (χ1n) is 6.67. The molecular formula is C14H25Cl4N3. The average molecular weight is 377 g/mol. The van der Waals surface area contributed by atoms with Crippen LogP contribution in [0.3, 0.4) is 0 Å². The van der Waals surface area contributed by atoms with Crippen LogP contribution >= 0.6 is 48.8 Å². The summed E-state index contributed by atoms with van der Waals surface area (Å²) in [6.07, 6.45) is 1.11. The first-order valence-corrected chi connectivity index (χ1v) is 7.05. The molecule has 124 valence electrons. The van der Waals surface area contributed by atoms with Crippen LogP contribution in [0.15, 0.2) is 24.3 Å². The zero-order valence-corrected chi connectivity index (χ0v) is 15.2. The van der Waals surface area contributed by atoms with E-state index in [1.54, 1.807) is 0 Å². The SMILES string of the molecule is Cl.Cl.Cl.NCCCN1CCN(Cc2ccc(Cl)cc2)CC1. The molecule has 0 aromatic heterocycles. The number of piperazine rings is 1. The summed E-state index contributed by atoms with van der Waals surface area (Å²) in [7, 11) is 0. The normalized spacial score (nSPS) is 15.5. The third kappa shape index (κ3) is 8.46. The Labute approximate surface area is 151 Å². The third-order valence-corrected chi connectivity index (χ3v) is 3.71. The van der Waals surface area contributed by atoms with Gasteiger partial charge >= 0.3 is 0 Å². The summed E-state index contributed by atoms with van der Waals surface area (Å²) >= 11 is 5.89. The number of hydrogen-bond donors (Lipinski definition) is 1. The Morgan fingerprint density at radius 3 is 1.95 bits per heavy atom. The molecule has 1 aliphatic heterocycles. The summed E-state index contributed by atoms with van der Waals surface area (Å²) in [6, 6.07) is 8.16. The van der Waals surface area contributed by atoms with Crippen LogP contribution < -0.4 is 5.73 Å². The largest absolute Gasteiger partial charge is 0.330 e. The molecule has 0 amide bonds. The molecule has 1 aliphatic rings. The summed E-state index contributed by atoms with van der Waals surface area (Å²) in [5.74, 6) is 0. The lowest BCUT2D eigenvalue weighted by atomic mass is 10.2. The number of hydrogen-bond acceptors (Lipinski definition) is 3. The van der Waals surface area contributed by atoms with Gasteiger partial charge in [-0.05, 0) is 37.2 Å². The molecule has 1 saturated heterocycles. The predicted molar refractivity (Wildman–Crippen MR) is 98.6 cm³/mol. The standard InChI is InChI=1S/C14H22ClN3.3ClH/c15-14-4-2-13(3-5-14)12-18-10-8-17(9-11-18)7-1-6-16;;;/h2-5H,1,6-12,16H2;3*1H. The number of benzene rings is 1. The highest BCUT2D eigenvalue weighted by Crippen LogP contribution is 2.12. The smallest absolute Gasteiger partial charge is 0.0406 e. The Morgan fingerprint density at radius 1 is 0.905 bits per heavy atom. The number of nitrogens with two attached hydrogens (primary N) is 1. The molecule has 0 bridgehead atoms. The zero-order valence-electron chi connectivity index (χ0n) is 12.0. The van der Waals surface area contributed by atoms with Crippen molar-refractivity contribution in [2.75, 3.05) is 39.3 Å². The summed E-state index contributed by atoms with van der Waals surface area (Å²) in [5, 5.41) is 0.811. The van der Waals surface area contributed by atoms with Gasteiger partial charge < -0.3 is 10.6 Å². The molecule has 0 unspecified atom stereocenters. The Morgan fingerprint density at radius 2 is 1.43 bits per heavy atom. The Bertz CT molecular complexity index is 354. The van der Waals surface area contributed by atoms with E-state index in [-0.39, 0.29) is 37.2 Å². The van der Waals surface area contributed by atoms with Crippen molar-refractivity contribution in [3.05, 3.63) is 34.9 Å². The number of rotatable bonds is 5. The van der Waals surface area contributed by atoms with E-state index in [2.05, 4.69) is 21.9 Å². The molecule has 0 aliphatic carbocycles. The Kier molecular flexibility index (Phi) is 14.3. The van der Waals surface area contributed by atoms with E-state index in [0.717, 1.165) is 57.3 Å². The van der Waals surface area contributed by atoms with Gasteiger partial charge in [-0.15, -0.1) is 37.2 Å². The van der Waals surface area contributed by atoms with Crippen LogP contribution in [0.2, 0.25) is 5.02 Å². The van der Waals surface area contributed by atoms with Crippen LogP contribution in [0.4, 0.5) is 0 Å². The fraction of sp³-hybridized carbons (Fsp3) is 0.571. The van der Waals surface area contributed by atoms with Gasteiger partial charge in [0, 0.05) is 37.7 Å². The summed E-state index contributed by atoms with van der Waals surface area (Å²) in [4.78, 5) is 5.01. The Hall–Kier alpha value is 0.260. The molecule has 1 fully saturated rings. The van der Waals surface area contributed by atoms with E-state index in [1.807, 2.05) is 12.1 Å². The molecule has 0 radical (unpaired) electrons. The first-order chi connectivity index (χ1) is 8.78. The molecule has 0 saturated carbocycles. The van der Waals surface area contributed by atoms with Gasteiger partial charge in [0.2, 0.25) is 0 Å². The fourth-order valence-corrected chi connectivity index (χ4v) is 2.46. The van der Waals surface area contributed by atoms with Gasteiger partial charge in [-0.2, -0.15) is 0 Å². The molecule has 3 nitrogen and oxygen atoms in total. The maximum absolute atomic E-state index is 5.89. The van der Waals surface area contributed by atoms with Crippen LogP contribution in [0.25, 0.3) is 0 Å². The second-order valence-electron chi connectivity index (χ2n) is 4.89. The van der Waals surface area contributed by atoms with Crippen LogP contribution in [0.1, 0.15) is 12.0 Å². The van der Waals surface area contributed by atoms with Gasteiger partial charge in [0.15, 0.2) is 0 Å². The maximum Gasteiger partial charge on any atom is 0.0406 e. The lowest BCUT2D eigenvalue weighted by molar-refractivity contribution is 0.127. The van der Waals surface area contributed by atoms with E-state index >= 15 is 0 Å². The first kappa shape index (κ1) is 23.5. The van der Waals surface area contributed by atoms with Gasteiger partial charge in [0.25, 0.3) is 0 Å². The molecule has 1 aromatic carbocycles. The minimum Gasteiger partial charge on any atom is -0.330 e. The Balaban J connectivity index is 0. The summed E-state index contributed by atoms with van der Waals surface area (Å²) < 4.78 is 0.